The number of rotatable bonds is 6. The average Bonchev–Trinajstić information content (AvgIpc) is 3.41. The number of primary amides is 1. The van der Waals surface area contributed by atoms with Gasteiger partial charge in [0.1, 0.15) is 5.82 Å². The Morgan fingerprint density at radius 2 is 1.91 bits per heavy atom. The number of carbonyl (C=O) groups is 1. The van der Waals surface area contributed by atoms with Crippen molar-refractivity contribution < 1.29 is 18.3 Å². The molecule has 0 spiro atoms. The van der Waals surface area contributed by atoms with Crippen molar-refractivity contribution in [3.63, 3.8) is 0 Å². The van der Waals surface area contributed by atoms with Gasteiger partial charge in [0, 0.05) is 25.8 Å². The van der Waals surface area contributed by atoms with E-state index in [0.29, 0.717) is 18.6 Å². The number of nitrogens with one attached hydrogen (secondary N) is 1. The summed E-state index contributed by atoms with van der Waals surface area (Å²) in [5, 5.41) is 7.23. The highest BCUT2D eigenvalue weighted by atomic mass is 19.2. The number of aryl methyl sites for hydroxylation is 1. The van der Waals surface area contributed by atoms with Gasteiger partial charge in [-0.3, -0.25) is 5.32 Å². The molecule has 1 aliphatic heterocycles. The van der Waals surface area contributed by atoms with Gasteiger partial charge in [-0.05, 0) is 63.3 Å². The molecular formula is C25H37F2N5O2. The third kappa shape index (κ3) is 6.76. The number of ether oxygens (including phenoxy) is 1. The van der Waals surface area contributed by atoms with Crippen LogP contribution in [0.25, 0.3) is 0 Å². The molecule has 1 aromatic heterocycles. The van der Waals surface area contributed by atoms with Gasteiger partial charge in [-0.2, -0.15) is 5.10 Å². The molecule has 1 aliphatic carbocycles. The molecule has 1 atom stereocenters. The number of nitrogens with zero attached hydrogens (tertiary/aromatic N) is 3. The van der Waals surface area contributed by atoms with Crippen molar-refractivity contribution >= 4 is 11.8 Å². The highest BCUT2D eigenvalue weighted by molar-refractivity contribution is 5.87. The van der Waals surface area contributed by atoms with Crippen LogP contribution < -0.4 is 11.1 Å². The van der Waals surface area contributed by atoms with E-state index in [0.717, 1.165) is 61.5 Å². The van der Waals surface area contributed by atoms with E-state index in [1.165, 1.54) is 31.4 Å². The van der Waals surface area contributed by atoms with Crippen molar-refractivity contribution in [2.75, 3.05) is 38.7 Å². The highest BCUT2D eigenvalue weighted by Crippen LogP contribution is 2.32. The Balaban J connectivity index is 0.000000191. The van der Waals surface area contributed by atoms with Gasteiger partial charge >= 0.3 is 6.03 Å². The zero-order valence-electron chi connectivity index (χ0n) is 20.4. The number of urea groups is 1. The van der Waals surface area contributed by atoms with Crippen LogP contribution in [0.4, 0.5) is 19.4 Å². The van der Waals surface area contributed by atoms with E-state index in [1.54, 1.807) is 13.2 Å². The van der Waals surface area contributed by atoms with Crippen molar-refractivity contribution in [1.29, 1.82) is 0 Å². The number of benzene rings is 1. The predicted octanol–water partition coefficient (Wildman–Crippen LogP) is 4.90. The number of nitrogens with two attached hydrogens (primary N) is 1. The average molecular weight is 478 g/mol. The zero-order valence-corrected chi connectivity index (χ0v) is 20.4. The maximum atomic E-state index is 13.1. The van der Waals surface area contributed by atoms with Crippen LogP contribution in [0.15, 0.2) is 18.2 Å². The summed E-state index contributed by atoms with van der Waals surface area (Å²) in [7, 11) is 1.68. The van der Waals surface area contributed by atoms with Crippen LogP contribution in [0.2, 0.25) is 0 Å². The number of hydrogen-bond acceptors (Lipinski definition) is 4. The van der Waals surface area contributed by atoms with E-state index >= 15 is 0 Å². The molecule has 2 amide bonds. The molecule has 2 aromatic rings. The second-order valence-corrected chi connectivity index (χ2v) is 9.24. The molecule has 34 heavy (non-hydrogen) atoms. The van der Waals surface area contributed by atoms with Gasteiger partial charge in [-0.15, -0.1) is 0 Å². The summed E-state index contributed by atoms with van der Waals surface area (Å²) in [6.45, 7) is 7.43. The van der Waals surface area contributed by atoms with Crippen molar-refractivity contribution in [3.05, 3.63) is 46.7 Å². The smallest absolute Gasteiger partial charge is 0.317 e. The first-order valence-electron chi connectivity index (χ1n) is 12.1. The molecule has 0 radical (unpaired) electrons. The fourth-order valence-electron chi connectivity index (χ4n) is 4.78. The Bertz CT molecular complexity index is 959. The minimum absolute atomic E-state index is 0.307. The van der Waals surface area contributed by atoms with E-state index in [2.05, 4.69) is 15.3 Å². The first-order chi connectivity index (χ1) is 16.3. The maximum absolute atomic E-state index is 13.1. The largest absolute Gasteiger partial charge is 0.383 e. The Labute approximate surface area is 200 Å². The Hall–Kier alpha value is -2.52. The van der Waals surface area contributed by atoms with E-state index in [9.17, 15) is 13.6 Å². The first-order valence-corrected chi connectivity index (χ1v) is 12.1. The molecule has 7 nitrogen and oxygen atoms in total. The number of likely N-dealkylation sites (tertiary alicyclic amines) is 1. The van der Waals surface area contributed by atoms with Gasteiger partial charge < -0.3 is 15.4 Å². The third-order valence-corrected chi connectivity index (χ3v) is 6.85. The lowest BCUT2D eigenvalue weighted by molar-refractivity contribution is 0.160. The Morgan fingerprint density at radius 1 is 1.18 bits per heavy atom. The second-order valence-electron chi connectivity index (χ2n) is 9.24. The lowest BCUT2D eigenvalue weighted by Gasteiger charge is -2.23. The molecule has 1 unspecified atom stereocenters. The molecule has 3 N–H and O–H groups in total. The quantitative estimate of drug-likeness (QED) is 0.620. The van der Waals surface area contributed by atoms with Crippen LogP contribution in [-0.4, -0.2) is 54.1 Å². The number of carbonyl (C=O) groups excluding carboxylic acids is 1. The fraction of sp³-hybridized carbons (Fsp3) is 0.600. The number of halogens is 2. The van der Waals surface area contributed by atoms with Crippen molar-refractivity contribution in [3.8, 4) is 0 Å². The molecule has 4 rings (SSSR count). The van der Waals surface area contributed by atoms with Gasteiger partial charge in [-0.25, -0.2) is 18.3 Å². The molecule has 2 heterocycles. The third-order valence-electron chi connectivity index (χ3n) is 6.85. The van der Waals surface area contributed by atoms with E-state index in [-0.39, 0.29) is 0 Å². The lowest BCUT2D eigenvalue weighted by Crippen LogP contribution is -2.24. The number of amides is 2. The topological polar surface area (TPSA) is 85.4 Å². The minimum atomic E-state index is -0.775. The molecule has 2 aliphatic rings. The van der Waals surface area contributed by atoms with Crippen LogP contribution >= 0.6 is 0 Å². The predicted molar refractivity (Wildman–Crippen MR) is 129 cm³/mol. The van der Waals surface area contributed by atoms with Gasteiger partial charge in [0.2, 0.25) is 0 Å². The first kappa shape index (κ1) is 26.1. The lowest BCUT2D eigenvalue weighted by atomic mass is 9.95. The number of methoxy groups -OCH3 is 1. The molecule has 2 fully saturated rings. The summed E-state index contributed by atoms with van der Waals surface area (Å²) in [5.74, 6) is -0.454. The second kappa shape index (κ2) is 12.3. The van der Waals surface area contributed by atoms with Crippen molar-refractivity contribution in [1.82, 2.24) is 14.7 Å². The molecule has 188 valence electrons. The summed E-state index contributed by atoms with van der Waals surface area (Å²) in [6, 6.07) is 4.09. The summed E-state index contributed by atoms with van der Waals surface area (Å²) in [4.78, 5) is 13.3. The molecule has 1 saturated carbocycles. The summed E-state index contributed by atoms with van der Waals surface area (Å²) in [5.41, 5.74) is 8.07. The monoisotopic (exact) mass is 477 g/mol. The standard InChI is InChI=1S/C13H17F2NO.C12H20N4O/c1-17-7-6-16-5-4-11(9-16)10-2-3-12(14)13(15)8-10;1-8-9(2)15-16(11(8)14-12(13)17)10-6-4-3-5-7-10/h2-3,8,11H,4-7,9H2,1H3;10H,3-7H2,1-2H3,(H3,13,14,17). The van der Waals surface area contributed by atoms with Crippen molar-refractivity contribution in [2.45, 2.75) is 64.3 Å². The SMILES string of the molecule is COCCN1CCC(c2ccc(F)c(F)c2)C1.Cc1nn(C2CCCCC2)c(NC(N)=O)c1C. The zero-order chi connectivity index (χ0) is 24.7. The molecule has 0 bridgehead atoms. The number of anilines is 1. The minimum Gasteiger partial charge on any atom is -0.383 e. The summed E-state index contributed by atoms with van der Waals surface area (Å²) >= 11 is 0. The van der Waals surface area contributed by atoms with Crippen molar-refractivity contribution in [2.24, 2.45) is 5.73 Å². The van der Waals surface area contributed by atoms with Gasteiger partial charge in [0.15, 0.2) is 11.6 Å². The normalized spacial score (nSPS) is 19.0. The number of aromatic nitrogens is 2. The Kier molecular flexibility index (Phi) is 9.41. The fourth-order valence-corrected chi connectivity index (χ4v) is 4.78. The van der Waals surface area contributed by atoms with Crippen LogP contribution in [0.5, 0.6) is 0 Å². The van der Waals surface area contributed by atoms with E-state index in [4.69, 9.17) is 10.5 Å². The molecule has 1 aromatic carbocycles. The molecule has 9 heteroatoms. The van der Waals surface area contributed by atoms with E-state index in [1.807, 2.05) is 18.5 Å². The van der Waals surface area contributed by atoms with Crippen LogP contribution in [0.3, 0.4) is 0 Å². The summed E-state index contributed by atoms with van der Waals surface area (Å²) < 4.78 is 32.9. The highest BCUT2D eigenvalue weighted by Gasteiger charge is 2.24. The maximum Gasteiger partial charge on any atom is 0.317 e. The molecule has 1 saturated heterocycles. The van der Waals surface area contributed by atoms with Gasteiger partial charge in [-0.1, -0.05) is 25.3 Å². The van der Waals surface area contributed by atoms with Gasteiger partial charge in [0.05, 0.1) is 18.3 Å². The Morgan fingerprint density at radius 3 is 2.56 bits per heavy atom. The number of hydrogen-bond donors (Lipinski definition) is 2. The molecular weight excluding hydrogens is 440 g/mol. The van der Waals surface area contributed by atoms with Crippen LogP contribution in [-0.2, 0) is 4.74 Å². The summed E-state index contributed by atoms with van der Waals surface area (Å²) in [6.07, 6.45) is 7.03. The van der Waals surface area contributed by atoms with Crippen LogP contribution in [0, 0.1) is 25.5 Å². The van der Waals surface area contributed by atoms with Crippen LogP contribution in [0.1, 0.15) is 67.3 Å². The van der Waals surface area contributed by atoms with Gasteiger partial charge in [0.25, 0.3) is 0 Å². The van der Waals surface area contributed by atoms with E-state index < -0.39 is 17.7 Å².